The molecule has 8 nitrogen and oxygen atoms in total. The van der Waals surface area contributed by atoms with Gasteiger partial charge >= 0.3 is 0 Å². The van der Waals surface area contributed by atoms with Gasteiger partial charge in [0.15, 0.2) is 0 Å². The third kappa shape index (κ3) is 5.82. The third-order valence-electron chi connectivity index (χ3n) is 5.98. The van der Waals surface area contributed by atoms with Gasteiger partial charge < -0.3 is 4.74 Å². The summed E-state index contributed by atoms with van der Waals surface area (Å²) in [6, 6.07) is 26.0. The number of thiophene rings is 1. The lowest BCUT2D eigenvalue weighted by atomic mass is 10.1. The number of sulfonamides is 1. The predicted molar refractivity (Wildman–Crippen MR) is 155 cm³/mol. The van der Waals surface area contributed by atoms with Gasteiger partial charge in [-0.05, 0) is 72.5 Å². The van der Waals surface area contributed by atoms with Crippen LogP contribution in [-0.4, -0.2) is 32.1 Å². The summed E-state index contributed by atoms with van der Waals surface area (Å²) in [6.45, 7) is 1.74. The molecular weight excluding hydrogens is 532 g/mol. The van der Waals surface area contributed by atoms with Crippen LogP contribution in [0.3, 0.4) is 0 Å². The molecule has 1 amide bonds. The molecule has 0 atom stereocenters. The maximum absolute atomic E-state index is 13.2. The van der Waals surface area contributed by atoms with Crippen LogP contribution in [-0.2, 0) is 10.0 Å². The fourth-order valence-electron chi connectivity index (χ4n) is 3.92. The van der Waals surface area contributed by atoms with Crippen LogP contribution in [0.5, 0.6) is 5.75 Å². The van der Waals surface area contributed by atoms with Crippen LogP contribution in [0, 0.1) is 0 Å². The van der Waals surface area contributed by atoms with Crippen LogP contribution in [0.4, 0.5) is 5.69 Å². The van der Waals surface area contributed by atoms with Gasteiger partial charge in [0.1, 0.15) is 5.75 Å². The van der Waals surface area contributed by atoms with Gasteiger partial charge in [-0.2, -0.15) is 5.10 Å². The van der Waals surface area contributed by atoms with Crippen molar-refractivity contribution < 1.29 is 17.9 Å². The van der Waals surface area contributed by atoms with Crippen molar-refractivity contribution in [2.45, 2.75) is 11.8 Å². The molecule has 0 aliphatic carbocycles. The van der Waals surface area contributed by atoms with Crippen molar-refractivity contribution in [2.24, 2.45) is 5.10 Å². The lowest BCUT2D eigenvalue weighted by Gasteiger charge is -2.10. The Hall–Kier alpha value is -4.54. The van der Waals surface area contributed by atoms with Crippen LogP contribution < -0.4 is 14.9 Å². The van der Waals surface area contributed by atoms with Crippen molar-refractivity contribution in [1.29, 1.82) is 0 Å². The van der Waals surface area contributed by atoms with Gasteiger partial charge in [0, 0.05) is 11.1 Å². The number of ether oxygens (including phenoxy) is 1. The maximum atomic E-state index is 13.2. The number of nitrogens with zero attached hydrogens (tertiary/aromatic N) is 2. The molecule has 0 aliphatic heterocycles. The first kappa shape index (κ1) is 26.1. The number of aromatic nitrogens is 1. The smallest absolute Gasteiger partial charge is 0.272 e. The summed E-state index contributed by atoms with van der Waals surface area (Å²) >= 11 is 1.55. The van der Waals surface area contributed by atoms with Crippen molar-refractivity contribution in [3.8, 4) is 16.3 Å². The number of amides is 1. The SMILES string of the molecule is COc1ccc(NS(=O)(=O)c2ccc(/C(C)=N\NC(=O)c3cc(-c4cccs4)nc4ccccc34)cc2)cc1. The summed E-state index contributed by atoms with van der Waals surface area (Å²) in [6.07, 6.45) is 0. The van der Waals surface area contributed by atoms with Crippen LogP contribution in [0.15, 0.2) is 106 Å². The summed E-state index contributed by atoms with van der Waals surface area (Å²) in [4.78, 5) is 18.9. The summed E-state index contributed by atoms with van der Waals surface area (Å²) in [5, 5.41) is 6.96. The van der Waals surface area contributed by atoms with Crippen molar-refractivity contribution in [1.82, 2.24) is 10.4 Å². The van der Waals surface area contributed by atoms with E-state index in [4.69, 9.17) is 9.72 Å². The Labute approximate surface area is 230 Å². The standard InChI is InChI=1S/C29H24N4O4S2/c1-19(20-9-15-23(16-10-20)39(35,36)33-21-11-13-22(37-2)14-12-21)31-32-29(34)25-18-27(28-8-5-17-38-28)30-26-7-4-3-6-24(25)26/h3-18,33H,1-2H3,(H,32,34)/b31-19-. The molecule has 5 aromatic rings. The second-order valence-corrected chi connectivity index (χ2v) is 11.2. The average molecular weight is 557 g/mol. The number of para-hydroxylation sites is 1. The number of fused-ring (bicyclic) bond motifs is 1. The highest BCUT2D eigenvalue weighted by molar-refractivity contribution is 7.92. The van der Waals surface area contributed by atoms with Gasteiger partial charge in [0.05, 0.1) is 39.4 Å². The number of hydrogen-bond donors (Lipinski definition) is 2. The summed E-state index contributed by atoms with van der Waals surface area (Å²) in [5.74, 6) is 0.262. The Bertz CT molecular complexity index is 1770. The lowest BCUT2D eigenvalue weighted by molar-refractivity contribution is 0.0956. The molecule has 2 heterocycles. The van der Waals surface area contributed by atoms with Crippen LogP contribution >= 0.6 is 11.3 Å². The molecule has 0 unspecified atom stereocenters. The second-order valence-electron chi connectivity index (χ2n) is 8.55. The van der Waals surface area contributed by atoms with Crippen molar-refractivity contribution >= 4 is 49.6 Å². The van der Waals surface area contributed by atoms with Crippen molar-refractivity contribution in [2.75, 3.05) is 11.8 Å². The molecule has 39 heavy (non-hydrogen) atoms. The van der Waals surface area contributed by atoms with E-state index >= 15 is 0 Å². The number of methoxy groups -OCH3 is 1. The fourth-order valence-corrected chi connectivity index (χ4v) is 5.67. The number of benzene rings is 3. The minimum Gasteiger partial charge on any atom is -0.497 e. The quantitative estimate of drug-likeness (QED) is 0.182. The van der Waals surface area contributed by atoms with E-state index in [9.17, 15) is 13.2 Å². The number of hydrazone groups is 1. The summed E-state index contributed by atoms with van der Waals surface area (Å²) in [5.41, 5.74) is 6.14. The molecule has 10 heteroatoms. The molecule has 0 radical (unpaired) electrons. The molecule has 0 saturated heterocycles. The minimum absolute atomic E-state index is 0.100. The highest BCUT2D eigenvalue weighted by Gasteiger charge is 2.16. The molecular formula is C29H24N4O4S2. The maximum Gasteiger partial charge on any atom is 0.272 e. The Balaban J connectivity index is 1.33. The second kappa shape index (κ2) is 11.1. The van der Waals surface area contributed by atoms with Crippen LogP contribution in [0.1, 0.15) is 22.8 Å². The van der Waals surface area contributed by atoms with Gasteiger partial charge in [-0.15, -0.1) is 11.3 Å². The zero-order valence-corrected chi connectivity index (χ0v) is 22.7. The molecule has 0 fully saturated rings. The third-order valence-corrected chi connectivity index (χ3v) is 8.27. The first-order chi connectivity index (χ1) is 18.8. The molecule has 2 aromatic heterocycles. The first-order valence-corrected chi connectivity index (χ1v) is 14.3. The van der Waals surface area contributed by atoms with Crippen LogP contribution in [0.25, 0.3) is 21.5 Å². The van der Waals surface area contributed by atoms with E-state index in [0.717, 1.165) is 16.0 Å². The Kier molecular flexibility index (Phi) is 7.40. The highest BCUT2D eigenvalue weighted by atomic mass is 32.2. The fraction of sp³-hybridized carbons (Fsp3) is 0.0690. The van der Waals surface area contributed by atoms with E-state index in [0.29, 0.717) is 33.8 Å². The minimum atomic E-state index is -3.79. The van der Waals surface area contributed by atoms with Gasteiger partial charge in [-0.25, -0.2) is 18.8 Å². The highest BCUT2D eigenvalue weighted by Crippen LogP contribution is 2.28. The van der Waals surface area contributed by atoms with E-state index < -0.39 is 10.0 Å². The van der Waals surface area contributed by atoms with Gasteiger partial charge in [0.25, 0.3) is 15.9 Å². The number of pyridine rings is 1. The number of carbonyl (C=O) groups is 1. The molecule has 0 spiro atoms. The molecule has 5 rings (SSSR count). The van der Waals surface area contributed by atoms with E-state index in [1.165, 1.54) is 12.1 Å². The Morgan fingerprint density at radius 3 is 2.38 bits per heavy atom. The number of nitrogens with one attached hydrogen (secondary N) is 2. The molecule has 0 saturated carbocycles. The number of anilines is 1. The molecule has 196 valence electrons. The molecule has 0 aliphatic rings. The monoisotopic (exact) mass is 556 g/mol. The Morgan fingerprint density at radius 1 is 0.949 bits per heavy atom. The molecule has 2 N–H and O–H groups in total. The summed E-state index contributed by atoms with van der Waals surface area (Å²) < 4.78 is 33.2. The largest absolute Gasteiger partial charge is 0.497 e. The van der Waals surface area contributed by atoms with Gasteiger partial charge in [-0.3, -0.25) is 9.52 Å². The topological polar surface area (TPSA) is 110 Å². The van der Waals surface area contributed by atoms with E-state index in [1.54, 1.807) is 67.8 Å². The van der Waals surface area contributed by atoms with Gasteiger partial charge in [-0.1, -0.05) is 36.4 Å². The van der Waals surface area contributed by atoms with Crippen LogP contribution in [0.2, 0.25) is 0 Å². The first-order valence-electron chi connectivity index (χ1n) is 11.9. The van der Waals surface area contributed by atoms with E-state index in [2.05, 4.69) is 15.2 Å². The van der Waals surface area contributed by atoms with E-state index in [-0.39, 0.29) is 10.8 Å². The van der Waals surface area contributed by atoms with Gasteiger partial charge in [0.2, 0.25) is 0 Å². The molecule has 3 aromatic carbocycles. The zero-order chi connectivity index (χ0) is 27.4. The lowest BCUT2D eigenvalue weighted by Crippen LogP contribution is -2.20. The molecule has 0 bridgehead atoms. The zero-order valence-electron chi connectivity index (χ0n) is 21.1. The Morgan fingerprint density at radius 2 is 1.69 bits per heavy atom. The van der Waals surface area contributed by atoms with Crippen molar-refractivity contribution in [3.63, 3.8) is 0 Å². The number of rotatable bonds is 8. The van der Waals surface area contributed by atoms with Crippen molar-refractivity contribution in [3.05, 3.63) is 108 Å². The summed E-state index contributed by atoms with van der Waals surface area (Å²) in [7, 11) is -2.24. The average Bonchev–Trinajstić information content (AvgIpc) is 3.51. The number of hydrogen-bond acceptors (Lipinski definition) is 7. The normalized spacial score (nSPS) is 11.8. The van der Waals surface area contributed by atoms with E-state index in [1.807, 2.05) is 41.8 Å². The predicted octanol–water partition coefficient (Wildman–Crippen LogP) is 5.93. The number of carbonyl (C=O) groups excluding carboxylic acids is 1.